The lowest BCUT2D eigenvalue weighted by Gasteiger charge is -2.44. The van der Waals surface area contributed by atoms with Crippen LogP contribution in [0.4, 0.5) is 0 Å². The first-order valence-electron chi connectivity index (χ1n) is 6.58. The predicted octanol–water partition coefficient (Wildman–Crippen LogP) is 1.35. The zero-order valence-corrected chi connectivity index (χ0v) is 10.2. The smallest absolute Gasteiger partial charge is 0.141 e. The van der Waals surface area contributed by atoms with Crippen molar-refractivity contribution in [2.45, 2.75) is 25.4 Å². The number of aromatic nitrogens is 1. The van der Waals surface area contributed by atoms with Gasteiger partial charge >= 0.3 is 0 Å². The third kappa shape index (κ3) is 1.31. The molecule has 0 aromatic carbocycles. The van der Waals surface area contributed by atoms with Crippen LogP contribution in [-0.2, 0) is 6.42 Å². The monoisotopic (exact) mass is 241 g/mol. The summed E-state index contributed by atoms with van der Waals surface area (Å²) in [6, 6.07) is 5.78. The number of hydrogen-bond acceptors (Lipinski definition) is 4. The first-order valence-corrected chi connectivity index (χ1v) is 6.58. The van der Waals surface area contributed by atoms with Crippen molar-refractivity contribution in [3.05, 3.63) is 23.5 Å². The number of piperidine rings is 1. The summed E-state index contributed by atoms with van der Waals surface area (Å²) >= 11 is 0. The molecule has 1 spiro atoms. The zero-order valence-electron chi connectivity index (χ0n) is 10.2. The van der Waals surface area contributed by atoms with Crippen molar-refractivity contribution in [2.24, 2.45) is 5.41 Å². The van der Waals surface area contributed by atoms with Crippen LogP contribution in [0.15, 0.2) is 12.1 Å². The first kappa shape index (κ1) is 10.3. The van der Waals surface area contributed by atoms with Crippen LogP contribution in [0.5, 0.6) is 5.75 Å². The van der Waals surface area contributed by atoms with Crippen molar-refractivity contribution in [3.63, 3.8) is 0 Å². The second-order valence-corrected chi connectivity index (χ2v) is 5.71. The van der Waals surface area contributed by atoms with Gasteiger partial charge in [-0.25, -0.2) is 4.98 Å². The number of nitriles is 1. The van der Waals surface area contributed by atoms with Crippen LogP contribution in [0.1, 0.15) is 24.2 Å². The number of nitrogens with zero attached hydrogens (tertiary/aromatic N) is 3. The topological polar surface area (TPSA) is 49.2 Å². The quantitative estimate of drug-likeness (QED) is 0.688. The summed E-state index contributed by atoms with van der Waals surface area (Å²) in [4.78, 5) is 6.96. The molecule has 0 amide bonds. The van der Waals surface area contributed by atoms with E-state index >= 15 is 0 Å². The van der Waals surface area contributed by atoms with E-state index in [-0.39, 0.29) is 5.41 Å². The van der Waals surface area contributed by atoms with E-state index in [1.807, 2.05) is 6.07 Å². The van der Waals surface area contributed by atoms with Gasteiger partial charge in [0.25, 0.3) is 0 Å². The summed E-state index contributed by atoms with van der Waals surface area (Å²) in [5, 5.41) is 8.94. The highest BCUT2D eigenvalue weighted by atomic mass is 16.5. The van der Waals surface area contributed by atoms with Crippen LogP contribution in [-0.4, -0.2) is 35.6 Å². The standard InChI is InChI=1S/C14H15N3O/c15-8-10-1-2-12-11(16-10)7-14-4-6-17(9-14)5-3-13(14)18-12/h1-2,13H,3-7,9H2. The normalized spacial score (nSPS) is 36.2. The molecule has 0 saturated carbocycles. The van der Waals surface area contributed by atoms with Crippen LogP contribution in [0.3, 0.4) is 0 Å². The molecule has 2 saturated heterocycles. The van der Waals surface area contributed by atoms with Gasteiger partial charge in [-0.05, 0) is 31.5 Å². The number of rotatable bonds is 0. The van der Waals surface area contributed by atoms with Crippen molar-refractivity contribution in [3.8, 4) is 11.8 Å². The fourth-order valence-corrected chi connectivity index (χ4v) is 3.76. The molecule has 2 fully saturated rings. The summed E-state index contributed by atoms with van der Waals surface area (Å²) < 4.78 is 6.16. The molecule has 2 bridgehead atoms. The summed E-state index contributed by atoms with van der Waals surface area (Å²) in [6.07, 6.45) is 3.65. The van der Waals surface area contributed by atoms with Gasteiger partial charge in [-0.3, -0.25) is 0 Å². The predicted molar refractivity (Wildman–Crippen MR) is 65.2 cm³/mol. The molecule has 3 unspecified atom stereocenters. The molecule has 3 aliphatic heterocycles. The maximum absolute atomic E-state index is 8.94. The molecule has 1 aromatic rings. The Hall–Kier alpha value is -1.60. The number of ether oxygens (including phenoxy) is 1. The molecule has 0 aliphatic carbocycles. The second-order valence-electron chi connectivity index (χ2n) is 5.71. The molecular weight excluding hydrogens is 226 g/mol. The van der Waals surface area contributed by atoms with Crippen LogP contribution in [0.2, 0.25) is 0 Å². The third-order valence-electron chi connectivity index (χ3n) is 4.69. The molecule has 0 N–H and O–H groups in total. The van der Waals surface area contributed by atoms with E-state index in [2.05, 4.69) is 16.0 Å². The molecule has 4 heterocycles. The fourth-order valence-electron chi connectivity index (χ4n) is 3.76. The summed E-state index contributed by atoms with van der Waals surface area (Å²) in [6.45, 7) is 3.48. The highest BCUT2D eigenvalue weighted by Crippen LogP contribution is 2.47. The van der Waals surface area contributed by atoms with Crippen LogP contribution >= 0.6 is 0 Å². The summed E-state index contributed by atoms with van der Waals surface area (Å²) in [5.74, 6) is 0.893. The minimum Gasteiger partial charge on any atom is -0.488 e. The molecular formula is C14H15N3O. The van der Waals surface area contributed by atoms with Crippen LogP contribution in [0, 0.1) is 16.7 Å². The molecule has 18 heavy (non-hydrogen) atoms. The highest BCUT2D eigenvalue weighted by Gasteiger charge is 2.51. The Balaban J connectivity index is 1.76. The van der Waals surface area contributed by atoms with Crippen molar-refractivity contribution in [1.82, 2.24) is 9.88 Å². The lowest BCUT2D eigenvalue weighted by atomic mass is 9.73. The maximum Gasteiger partial charge on any atom is 0.141 e. The summed E-state index contributed by atoms with van der Waals surface area (Å²) in [5.41, 5.74) is 1.73. The number of fused-ring (bicyclic) bond motifs is 2. The molecule has 1 aromatic heterocycles. The van der Waals surface area contributed by atoms with E-state index in [4.69, 9.17) is 10.00 Å². The van der Waals surface area contributed by atoms with Gasteiger partial charge in [0.15, 0.2) is 0 Å². The van der Waals surface area contributed by atoms with Gasteiger partial charge in [0, 0.05) is 24.9 Å². The lowest BCUT2D eigenvalue weighted by Crippen LogP contribution is -2.51. The Kier molecular flexibility index (Phi) is 1.98. The molecule has 4 heteroatoms. The van der Waals surface area contributed by atoms with Crippen molar-refractivity contribution >= 4 is 0 Å². The Morgan fingerprint density at radius 2 is 2.39 bits per heavy atom. The van der Waals surface area contributed by atoms with Gasteiger partial charge in [0.2, 0.25) is 0 Å². The average Bonchev–Trinajstić information content (AvgIpc) is 2.72. The van der Waals surface area contributed by atoms with Gasteiger partial charge in [-0.2, -0.15) is 5.26 Å². The number of pyridine rings is 1. The van der Waals surface area contributed by atoms with Crippen LogP contribution < -0.4 is 4.74 Å². The third-order valence-corrected chi connectivity index (χ3v) is 4.69. The highest BCUT2D eigenvalue weighted by molar-refractivity contribution is 5.37. The molecule has 92 valence electrons. The van der Waals surface area contributed by atoms with Crippen molar-refractivity contribution < 1.29 is 4.74 Å². The van der Waals surface area contributed by atoms with Gasteiger partial charge in [0.1, 0.15) is 23.6 Å². The minimum atomic E-state index is 0.256. The first-order chi connectivity index (χ1) is 8.79. The van der Waals surface area contributed by atoms with Gasteiger partial charge < -0.3 is 9.64 Å². The number of hydrogen-bond donors (Lipinski definition) is 0. The molecule has 3 aliphatic rings. The maximum atomic E-state index is 8.94. The molecule has 4 rings (SSSR count). The molecule has 0 radical (unpaired) electrons. The largest absolute Gasteiger partial charge is 0.488 e. The van der Waals surface area contributed by atoms with E-state index in [1.54, 1.807) is 6.07 Å². The molecule has 3 atom stereocenters. The van der Waals surface area contributed by atoms with E-state index in [9.17, 15) is 0 Å². The average molecular weight is 241 g/mol. The summed E-state index contributed by atoms with van der Waals surface area (Å²) in [7, 11) is 0. The lowest BCUT2D eigenvalue weighted by molar-refractivity contribution is -0.00195. The van der Waals surface area contributed by atoms with Crippen molar-refractivity contribution in [2.75, 3.05) is 19.6 Å². The SMILES string of the molecule is N#Cc1ccc2c(n1)CC13CCN(CCC1O2)C3. The van der Waals surface area contributed by atoms with E-state index in [0.717, 1.165) is 37.4 Å². The van der Waals surface area contributed by atoms with Crippen molar-refractivity contribution in [1.29, 1.82) is 5.26 Å². The Labute approximate surface area is 106 Å². The second kappa shape index (κ2) is 3.46. The van der Waals surface area contributed by atoms with E-state index < -0.39 is 0 Å². The van der Waals surface area contributed by atoms with E-state index in [0.29, 0.717) is 11.8 Å². The Morgan fingerprint density at radius 1 is 1.44 bits per heavy atom. The van der Waals surface area contributed by atoms with E-state index in [1.165, 1.54) is 13.0 Å². The molecule has 4 nitrogen and oxygen atoms in total. The Bertz CT molecular complexity index is 550. The van der Waals surface area contributed by atoms with Gasteiger partial charge in [-0.15, -0.1) is 0 Å². The minimum absolute atomic E-state index is 0.256. The zero-order chi connectivity index (χ0) is 12.2. The van der Waals surface area contributed by atoms with Gasteiger partial charge in [-0.1, -0.05) is 0 Å². The van der Waals surface area contributed by atoms with Crippen LogP contribution in [0.25, 0.3) is 0 Å². The Morgan fingerprint density at radius 3 is 3.28 bits per heavy atom. The van der Waals surface area contributed by atoms with Gasteiger partial charge in [0.05, 0.1) is 5.69 Å². The fraction of sp³-hybridized carbons (Fsp3) is 0.571.